The Morgan fingerprint density at radius 3 is 2.74 bits per heavy atom. The van der Waals surface area contributed by atoms with Gasteiger partial charge in [-0.3, -0.25) is 9.69 Å². The molecule has 0 spiro atoms. The molecular weight excluding hydrogens is 462 g/mol. The first kappa shape index (κ1) is 23.3. The molecule has 8 nitrogen and oxygen atoms in total. The van der Waals surface area contributed by atoms with Crippen molar-refractivity contribution < 1.29 is 4.79 Å². The minimum Gasteiger partial charge on any atom is -0.369 e. The molecule has 0 aliphatic carbocycles. The van der Waals surface area contributed by atoms with Gasteiger partial charge in [-0.2, -0.15) is 4.68 Å². The van der Waals surface area contributed by atoms with E-state index in [0.717, 1.165) is 60.9 Å². The van der Waals surface area contributed by atoms with Crippen molar-refractivity contribution in [2.75, 3.05) is 44.2 Å². The Morgan fingerprint density at radius 1 is 1.06 bits per heavy atom. The van der Waals surface area contributed by atoms with Crippen molar-refractivity contribution in [3.05, 3.63) is 76.9 Å². The topological polar surface area (TPSA) is 79.2 Å². The Labute approximate surface area is 209 Å². The number of carbonyl (C=O) groups is 1. The number of aromatic nitrogens is 4. The largest absolute Gasteiger partial charge is 0.369 e. The van der Waals surface area contributed by atoms with E-state index >= 15 is 0 Å². The Morgan fingerprint density at radius 2 is 1.91 bits per heavy atom. The van der Waals surface area contributed by atoms with Crippen LogP contribution in [0, 0.1) is 6.92 Å². The molecule has 0 bridgehead atoms. The van der Waals surface area contributed by atoms with Crippen LogP contribution in [0.2, 0.25) is 5.02 Å². The lowest BCUT2D eigenvalue weighted by atomic mass is 10.1. The summed E-state index contributed by atoms with van der Waals surface area (Å²) in [4.78, 5) is 22.0. The normalized spacial score (nSPS) is 14.4. The van der Waals surface area contributed by atoms with Gasteiger partial charge in [-0.05, 0) is 67.9 Å². The van der Waals surface area contributed by atoms with Crippen LogP contribution >= 0.6 is 11.6 Å². The number of nitrogens with one attached hydrogen (secondary N) is 1. The van der Waals surface area contributed by atoms with Gasteiger partial charge in [-0.15, -0.1) is 5.10 Å². The molecule has 4 aromatic rings. The third kappa shape index (κ3) is 5.28. The first-order valence-electron chi connectivity index (χ1n) is 11.9. The maximum absolute atomic E-state index is 12.8. The molecule has 0 unspecified atom stereocenters. The van der Waals surface area contributed by atoms with Crippen LogP contribution in [0.1, 0.15) is 22.3 Å². The fourth-order valence-corrected chi connectivity index (χ4v) is 4.60. The number of anilines is 1. The van der Waals surface area contributed by atoms with Gasteiger partial charge in [-0.1, -0.05) is 28.9 Å². The molecule has 1 aliphatic heterocycles. The minimum atomic E-state index is -0.0885. The highest BCUT2D eigenvalue weighted by Crippen LogP contribution is 2.21. The van der Waals surface area contributed by atoms with Crippen molar-refractivity contribution in [3.63, 3.8) is 0 Å². The molecule has 0 radical (unpaired) electrons. The van der Waals surface area contributed by atoms with Gasteiger partial charge in [0.15, 0.2) is 5.65 Å². The van der Waals surface area contributed by atoms with Gasteiger partial charge in [0.05, 0.1) is 5.69 Å². The van der Waals surface area contributed by atoms with Crippen LogP contribution in [0.5, 0.6) is 0 Å². The minimum absolute atomic E-state index is 0.0885. The number of fused-ring (bicyclic) bond motifs is 1. The second-order valence-electron chi connectivity index (χ2n) is 8.77. The lowest BCUT2D eigenvalue weighted by Crippen LogP contribution is -2.47. The Kier molecular flexibility index (Phi) is 6.92. The maximum atomic E-state index is 12.8. The van der Waals surface area contributed by atoms with Crippen molar-refractivity contribution in [2.45, 2.75) is 13.3 Å². The summed E-state index contributed by atoms with van der Waals surface area (Å²) in [5.74, 6) is -0.0885. The van der Waals surface area contributed by atoms with E-state index in [1.165, 1.54) is 5.69 Å². The molecule has 180 valence electrons. The van der Waals surface area contributed by atoms with Crippen LogP contribution in [-0.2, 0) is 0 Å². The van der Waals surface area contributed by atoms with E-state index < -0.39 is 0 Å². The van der Waals surface area contributed by atoms with Gasteiger partial charge >= 0.3 is 0 Å². The van der Waals surface area contributed by atoms with Crippen LogP contribution in [0.4, 0.5) is 5.69 Å². The monoisotopic (exact) mass is 489 g/mol. The standard InChI is InChI=1S/C26H28ClN7O/c1-19-8-9-20(17-24(19)34-25-23(30-31-34)7-3-10-28-25)26(35)29-11-4-12-32-13-15-33(16-14-32)22-6-2-5-21(27)18-22/h2-3,5-10,17-18H,4,11-16H2,1H3,(H,29,35). The first-order chi connectivity index (χ1) is 17.1. The first-order valence-corrected chi connectivity index (χ1v) is 12.2. The Bertz CT molecular complexity index is 1330. The summed E-state index contributed by atoms with van der Waals surface area (Å²) in [6, 6.07) is 17.3. The number of pyridine rings is 1. The molecule has 2 aromatic carbocycles. The van der Waals surface area contributed by atoms with Crippen molar-refractivity contribution in [3.8, 4) is 5.69 Å². The van der Waals surface area contributed by atoms with Gasteiger partial charge in [0.25, 0.3) is 5.91 Å². The van der Waals surface area contributed by atoms with Crippen LogP contribution in [0.25, 0.3) is 16.9 Å². The van der Waals surface area contributed by atoms with E-state index in [4.69, 9.17) is 11.6 Å². The van der Waals surface area contributed by atoms with Crippen molar-refractivity contribution >= 4 is 34.4 Å². The summed E-state index contributed by atoms with van der Waals surface area (Å²) in [5, 5.41) is 12.2. The molecule has 3 heterocycles. The van der Waals surface area contributed by atoms with E-state index in [1.807, 2.05) is 55.5 Å². The second-order valence-corrected chi connectivity index (χ2v) is 9.20. The fourth-order valence-electron chi connectivity index (χ4n) is 4.42. The zero-order chi connectivity index (χ0) is 24.2. The summed E-state index contributed by atoms with van der Waals surface area (Å²) in [7, 11) is 0. The molecule has 1 saturated heterocycles. The second kappa shape index (κ2) is 10.4. The summed E-state index contributed by atoms with van der Waals surface area (Å²) in [6.45, 7) is 7.53. The van der Waals surface area contributed by atoms with Gasteiger partial charge < -0.3 is 10.2 Å². The molecule has 1 N–H and O–H groups in total. The van der Waals surface area contributed by atoms with E-state index in [1.54, 1.807) is 10.9 Å². The summed E-state index contributed by atoms with van der Waals surface area (Å²) >= 11 is 6.13. The average Bonchev–Trinajstić information content (AvgIpc) is 3.31. The highest BCUT2D eigenvalue weighted by Gasteiger charge is 2.17. The number of rotatable bonds is 7. The quantitative estimate of drug-likeness (QED) is 0.399. The number of halogens is 1. The molecule has 1 amide bonds. The lowest BCUT2D eigenvalue weighted by molar-refractivity contribution is 0.0951. The smallest absolute Gasteiger partial charge is 0.251 e. The van der Waals surface area contributed by atoms with Crippen LogP contribution in [0.3, 0.4) is 0 Å². The lowest BCUT2D eigenvalue weighted by Gasteiger charge is -2.36. The predicted molar refractivity (Wildman–Crippen MR) is 138 cm³/mol. The molecular formula is C26H28ClN7O. The zero-order valence-corrected chi connectivity index (χ0v) is 20.4. The van der Waals surface area contributed by atoms with Crippen LogP contribution in [-0.4, -0.2) is 70.1 Å². The number of piperazine rings is 1. The van der Waals surface area contributed by atoms with Crippen molar-refractivity contribution in [2.24, 2.45) is 0 Å². The third-order valence-electron chi connectivity index (χ3n) is 6.39. The molecule has 1 aliphatic rings. The maximum Gasteiger partial charge on any atom is 0.251 e. The highest BCUT2D eigenvalue weighted by atomic mass is 35.5. The van der Waals surface area contributed by atoms with E-state index in [2.05, 4.69) is 36.5 Å². The van der Waals surface area contributed by atoms with Crippen molar-refractivity contribution in [1.82, 2.24) is 30.2 Å². The molecule has 9 heteroatoms. The van der Waals surface area contributed by atoms with Gasteiger partial charge in [0, 0.05) is 55.2 Å². The summed E-state index contributed by atoms with van der Waals surface area (Å²) < 4.78 is 1.69. The molecule has 5 rings (SSSR count). The average molecular weight is 490 g/mol. The molecule has 1 fully saturated rings. The number of hydrogen-bond acceptors (Lipinski definition) is 6. The van der Waals surface area contributed by atoms with E-state index in [9.17, 15) is 4.79 Å². The number of hydrogen-bond donors (Lipinski definition) is 1. The van der Waals surface area contributed by atoms with Crippen LogP contribution in [0.15, 0.2) is 60.8 Å². The van der Waals surface area contributed by atoms with E-state index in [-0.39, 0.29) is 5.91 Å². The fraction of sp³-hybridized carbons (Fsp3) is 0.308. The number of benzene rings is 2. The van der Waals surface area contributed by atoms with Crippen molar-refractivity contribution in [1.29, 1.82) is 0 Å². The van der Waals surface area contributed by atoms with Gasteiger partial charge in [-0.25, -0.2) is 4.98 Å². The van der Waals surface area contributed by atoms with Gasteiger partial charge in [0.1, 0.15) is 5.52 Å². The Balaban J connectivity index is 1.12. The highest BCUT2D eigenvalue weighted by molar-refractivity contribution is 6.30. The third-order valence-corrected chi connectivity index (χ3v) is 6.63. The summed E-state index contributed by atoms with van der Waals surface area (Å²) in [6.07, 6.45) is 2.62. The SMILES string of the molecule is Cc1ccc(C(=O)NCCCN2CCN(c3cccc(Cl)c3)CC2)cc1-n1nnc2cccnc21. The number of nitrogens with zero attached hydrogens (tertiary/aromatic N) is 6. The zero-order valence-electron chi connectivity index (χ0n) is 19.7. The molecule has 35 heavy (non-hydrogen) atoms. The van der Waals surface area contributed by atoms with Gasteiger partial charge in [0.2, 0.25) is 0 Å². The Hall–Kier alpha value is -3.49. The summed E-state index contributed by atoms with van der Waals surface area (Å²) in [5.41, 5.74) is 4.96. The molecule has 0 atom stereocenters. The number of carbonyl (C=O) groups excluding carboxylic acids is 1. The van der Waals surface area contributed by atoms with E-state index in [0.29, 0.717) is 17.8 Å². The number of aryl methyl sites for hydroxylation is 1. The molecule has 0 saturated carbocycles. The number of amides is 1. The van der Waals surface area contributed by atoms with Crippen LogP contribution < -0.4 is 10.2 Å². The predicted octanol–water partition coefficient (Wildman–Crippen LogP) is 3.72. The molecule has 2 aromatic heterocycles.